The average Bonchev–Trinajstić information content (AvgIpc) is 3.37. The maximum atomic E-state index is 14.1. The molecule has 1 amide bonds. The predicted octanol–water partition coefficient (Wildman–Crippen LogP) is 4.91. The highest BCUT2D eigenvalue weighted by molar-refractivity contribution is 5.78. The van der Waals surface area contributed by atoms with Crippen molar-refractivity contribution in [1.82, 2.24) is 15.0 Å². The lowest BCUT2D eigenvalue weighted by Gasteiger charge is -2.22. The molecular weight excluding hydrogens is 404 g/mol. The lowest BCUT2D eigenvalue weighted by Crippen LogP contribution is -2.27. The molecule has 0 aliphatic carbocycles. The number of hydrogen-bond donors (Lipinski definition) is 0. The fraction of sp³-hybridized carbons (Fsp3) is 0.348. The normalized spacial score (nSPS) is 16.4. The Balaban J connectivity index is 1.51. The van der Waals surface area contributed by atoms with Gasteiger partial charge in [0.2, 0.25) is 17.6 Å². The van der Waals surface area contributed by atoms with Gasteiger partial charge in [0.25, 0.3) is 0 Å². The summed E-state index contributed by atoms with van der Waals surface area (Å²) in [4.78, 5) is 18.3. The Labute approximate surface area is 178 Å². The number of benzene rings is 2. The molecule has 31 heavy (non-hydrogen) atoms. The Kier molecular flexibility index (Phi) is 5.97. The molecule has 2 aromatic carbocycles. The Morgan fingerprint density at radius 1 is 1.19 bits per heavy atom. The van der Waals surface area contributed by atoms with Crippen LogP contribution in [-0.4, -0.2) is 27.6 Å². The van der Waals surface area contributed by atoms with Gasteiger partial charge in [-0.25, -0.2) is 8.78 Å². The van der Waals surface area contributed by atoms with Gasteiger partial charge in [0, 0.05) is 24.1 Å². The molecule has 1 atom stereocenters. The van der Waals surface area contributed by atoms with Crippen LogP contribution in [0.3, 0.4) is 0 Å². The Hall–Kier alpha value is -3.29. The van der Waals surface area contributed by atoms with Crippen LogP contribution in [0.15, 0.2) is 47.0 Å². The summed E-state index contributed by atoms with van der Waals surface area (Å²) in [5.74, 6) is 0.564. The molecule has 1 aromatic heterocycles. The number of nitrogens with zero attached hydrogens (tertiary/aromatic N) is 3. The average molecular weight is 427 g/mol. The summed E-state index contributed by atoms with van der Waals surface area (Å²) in [7, 11) is 0. The zero-order valence-electron chi connectivity index (χ0n) is 17.3. The minimum Gasteiger partial charge on any atom is -0.493 e. The van der Waals surface area contributed by atoms with Crippen molar-refractivity contribution in [1.29, 1.82) is 0 Å². The second-order valence-corrected chi connectivity index (χ2v) is 8.00. The lowest BCUT2D eigenvalue weighted by molar-refractivity contribution is -0.130. The number of amides is 1. The van der Waals surface area contributed by atoms with Gasteiger partial charge in [-0.1, -0.05) is 19.0 Å². The van der Waals surface area contributed by atoms with Crippen LogP contribution in [0.1, 0.15) is 44.2 Å². The number of rotatable bonds is 7. The van der Waals surface area contributed by atoms with Crippen LogP contribution in [0.4, 0.5) is 8.78 Å². The predicted molar refractivity (Wildman–Crippen MR) is 109 cm³/mol. The molecule has 6 nitrogen and oxygen atoms in total. The summed E-state index contributed by atoms with van der Waals surface area (Å²) < 4.78 is 38.7. The van der Waals surface area contributed by atoms with Crippen molar-refractivity contribution in [2.24, 2.45) is 5.92 Å². The first-order chi connectivity index (χ1) is 14.9. The van der Waals surface area contributed by atoms with Crippen molar-refractivity contribution >= 4 is 5.91 Å². The van der Waals surface area contributed by atoms with Crippen LogP contribution in [0.5, 0.6) is 5.75 Å². The second-order valence-electron chi connectivity index (χ2n) is 8.00. The quantitative estimate of drug-likeness (QED) is 0.536. The van der Waals surface area contributed by atoms with Gasteiger partial charge in [0.1, 0.15) is 23.4 Å². The van der Waals surface area contributed by atoms with Gasteiger partial charge in [0.05, 0.1) is 6.61 Å². The third-order valence-electron chi connectivity index (χ3n) is 5.10. The van der Waals surface area contributed by atoms with E-state index >= 15 is 0 Å². The third kappa shape index (κ3) is 4.73. The topological polar surface area (TPSA) is 68.5 Å². The van der Waals surface area contributed by atoms with Crippen LogP contribution in [0, 0.1) is 17.6 Å². The zero-order valence-corrected chi connectivity index (χ0v) is 17.3. The molecule has 4 rings (SSSR count). The highest BCUT2D eigenvalue weighted by Crippen LogP contribution is 2.34. The van der Waals surface area contributed by atoms with E-state index in [1.807, 2.05) is 24.3 Å². The van der Waals surface area contributed by atoms with E-state index in [4.69, 9.17) is 9.26 Å². The molecule has 0 N–H and O–H groups in total. The molecule has 1 unspecified atom stereocenters. The van der Waals surface area contributed by atoms with Crippen LogP contribution < -0.4 is 4.74 Å². The summed E-state index contributed by atoms with van der Waals surface area (Å²) in [5.41, 5.74) is 0.857. The maximum absolute atomic E-state index is 14.1. The Morgan fingerprint density at radius 2 is 1.97 bits per heavy atom. The molecular formula is C23H23F2N3O3. The molecule has 162 valence electrons. The number of likely N-dealkylation sites (tertiary alicyclic amines) is 1. The van der Waals surface area contributed by atoms with Crippen molar-refractivity contribution in [2.75, 3.05) is 6.61 Å². The first-order valence-electron chi connectivity index (χ1n) is 10.2. The number of carbonyl (C=O) groups is 1. The van der Waals surface area contributed by atoms with Crippen molar-refractivity contribution in [2.45, 2.75) is 39.3 Å². The fourth-order valence-electron chi connectivity index (χ4n) is 3.49. The summed E-state index contributed by atoms with van der Waals surface area (Å²) >= 11 is 0. The smallest absolute Gasteiger partial charge is 0.249 e. The van der Waals surface area contributed by atoms with Gasteiger partial charge in [-0.05, 0) is 54.8 Å². The van der Waals surface area contributed by atoms with Gasteiger partial charge in [-0.2, -0.15) is 4.98 Å². The minimum absolute atomic E-state index is 0.0628. The molecule has 1 aliphatic rings. The Bertz CT molecular complexity index is 1070. The van der Waals surface area contributed by atoms with E-state index in [9.17, 15) is 13.6 Å². The van der Waals surface area contributed by atoms with Gasteiger partial charge in [-0.3, -0.25) is 4.79 Å². The van der Waals surface area contributed by atoms with Crippen molar-refractivity contribution in [3.63, 3.8) is 0 Å². The molecule has 0 spiro atoms. The van der Waals surface area contributed by atoms with Crippen molar-refractivity contribution in [3.05, 3.63) is 65.6 Å². The van der Waals surface area contributed by atoms with Gasteiger partial charge >= 0.3 is 0 Å². The maximum Gasteiger partial charge on any atom is 0.249 e. The summed E-state index contributed by atoms with van der Waals surface area (Å²) in [6.45, 7) is 4.72. The second kappa shape index (κ2) is 8.83. The van der Waals surface area contributed by atoms with Crippen LogP contribution >= 0.6 is 0 Å². The number of aromatic nitrogens is 2. The first kappa shape index (κ1) is 21.0. The highest BCUT2D eigenvalue weighted by atomic mass is 19.1. The standard InChI is InChI=1S/C23H23F2N3O3/c1-14(2)13-30-18-6-3-15(4-7-18)22-26-23(31-27-22)20-9-10-21(29)28(20)12-16-11-17(24)5-8-19(16)25/h3-8,11,14,20H,9-10,12-13H2,1-2H3. The van der Waals surface area contributed by atoms with Crippen LogP contribution in [-0.2, 0) is 11.3 Å². The van der Waals surface area contributed by atoms with E-state index in [0.717, 1.165) is 29.5 Å². The van der Waals surface area contributed by atoms with Crippen molar-refractivity contribution < 1.29 is 22.8 Å². The molecule has 0 radical (unpaired) electrons. The van der Waals surface area contributed by atoms with E-state index in [0.29, 0.717) is 24.8 Å². The molecule has 3 aromatic rings. The molecule has 2 heterocycles. The SMILES string of the molecule is CC(C)COc1ccc(-c2noc(C3CCC(=O)N3Cc3cc(F)ccc3F)n2)cc1. The molecule has 1 aliphatic heterocycles. The van der Waals surface area contributed by atoms with Crippen LogP contribution in [0.25, 0.3) is 11.4 Å². The molecule has 0 bridgehead atoms. The molecule has 8 heteroatoms. The lowest BCUT2D eigenvalue weighted by atomic mass is 10.1. The van der Waals surface area contributed by atoms with E-state index in [-0.39, 0.29) is 30.3 Å². The fourth-order valence-corrected chi connectivity index (χ4v) is 3.49. The number of ether oxygens (including phenoxy) is 1. The highest BCUT2D eigenvalue weighted by Gasteiger charge is 2.36. The summed E-state index contributed by atoms with van der Waals surface area (Å²) in [5, 5.41) is 4.03. The zero-order chi connectivity index (χ0) is 22.0. The van der Waals surface area contributed by atoms with Gasteiger partial charge < -0.3 is 14.2 Å². The molecule has 1 saturated heterocycles. The van der Waals surface area contributed by atoms with Crippen LogP contribution in [0.2, 0.25) is 0 Å². The van der Waals surface area contributed by atoms with E-state index in [2.05, 4.69) is 24.0 Å². The largest absolute Gasteiger partial charge is 0.493 e. The number of carbonyl (C=O) groups excluding carboxylic acids is 1. The van der Waals surface area contributed by atoms with Crippen molar-refractivity contribution in [3.8, 4) is 17.1 Å². The number of halogens is 2. The Morgan fingerprint density at radius 3 is 2.71 bits per heavy atom. The number of hydrogen-bond acceptors (Lipinski definition) is 5. The monoisotopic (exact) mass is 427 g/mol. The van der Waals surface area contributed by atoms with E-state index in [1.165, 1.54) is 4.90 Å². The van der Waals surface area contributed by atoms with Gasteiger partial charge in [0.15, 0.2) is 0 Å². The minimum atomic E-state index is -0.564. The third-order valence-corrected chi connectivity index (χ3v) is 5.10. The van der Waals surface area contributed by atoms with E-state index in [1.54, 1.807) is 0 Å². The summed E-state index contributed by atoms with van der Waals surface area (Å²) in [6.07, 6.45) is 0.751. The molecule has 1 fully saturated rings. The van der Waals surface area contributed by atoms with E-state index < -0.39 is 17.7 Å². The first-order valence-corrected chi connectivity index (χ1v) is 10.2. The van der Waals surface area contributed by atoms with Gasteiger partial charge in [-0.15, -0.1) is 0 Å². The summed E-state index contributed by atoms with van der Waals surface area (Å²) in [6, 6.07) is 10.1. The molecule has 0 saturated carbocycles.